The summed E-state index contributed by atoms with van der Waals surface area (Å²) < 4.78 is 5.43. The predicted octanol–water partition coefficient (Wildman–Crippen LogP) is 3.78. The van der Waals surface area contributed by atoms with Crippen LogP contribution >= 0.6 is 11.6 Å². The molecule has 0 bridgehead atoms. The Morgan fingerprint density at radius 2 is 2.17 bits per heavy atom. The van der Waals surface area contributed by atoms with E-state index in [1.807, 2.05) is 39.8 Å². The van der Waals surface area contributed by atoms with Gasteiger partial charge in [-0.2, -0.15) is 0 Å². The number of amides is 1. The molecule has 1 amide bonds. The summed E-state index contributed by atoms with van der Waals surface area (Å²) in [5.41, 5.74) is 8.12. The molecule has 128 valence electrons. The van der Waals surface area contributed by atoms with Gasteiger partial charge in [0.25, 0.3) is 0 Å². The highest BCUT2D eigenvalue weighted by Crippen LogP contribution is 2.25. The molecule has 0 saturated carbocycles. The van der Waals surface area contributed by atoms with Crippen molar-refractivity contribution >= 4 is 17.7 Å². The van der Waals surface area contributed by atoms with Crippen LogP contribution in [0, 0.1) is 12.8 Å². The summed E-state index contributed by atoms with van der Waals surface area (Å²) in [6, 6.07) is 6.04. The molecule has 1 fully saturated rings. The molecule has 1 aliphatic heterocycles. The van der Waals surface area contributed by atoms with E-state index in [1.165, 1.54) is 0 Å². The monoisotopic (exact) mass is 338 g/mol. The lowest BCUT2D eigenvalue weighted by molar-refractivity contribution is 0.0286. The van der Waals surface area contributed by atoms with Crippen LogP contribution in [0.4, 0.5) is 4.79 Å². The summed E-state index contributed by atoms with van der Waals surface area (Å²) in [5.74, 6) is 0.278. The fourth-order valence-electron chi connectivity index (χ4n) is 2.87. The van der Waals surface area contributed by atoms with E-state index in [9.17, 15) is 4.79 Å². The van der Waals surface area contributed by atoms with Crippen LogP contribution in [-0.2, 0) is 11.2 Å². The van der Waals surface area contributed by atoms with Crippen molar-refractivity contribution < 1.29 is 9.53 Å². The Kier molecular flexibility index (Phi) is 5.58. The number of carbonyl (C=O) groups is 1. The summed E-state index contributed by atoms with van der Waals surface area (Å²) in [7, 11) is 0. The maximum absolute atomic E-state index is 12.1. The molecule has 0 spiro atoms. The Bertz CT molecular complexity index is 569. The number of nitrogens with two attached hydrogens (primary N) is 1. The number of hydrogen-bond acceptors (Lipinski definition) is 3. The molecule has 1 heterocycles. The van der Waals surface area contributed by atoms with Gasteiger partial charge in [0.2, 0.25) is 0 Å². The third kappa shape index (κ3) is 5.11. The lowest BCUT2D eigenvalue weighted by atomic mass is 9.93. The second-order valence-corrected chi connectivity index (χ2v) is 7.85. The van der Waals surface area contributed by atoms with E-state index in [4.69, 9.17) is 22.1 Å². The number of likely N-dealkylation sites (tertiary alicyclic amines) is 1. The van der Waals surface area contributed by atoms with Gasteiger partial charge in [0.1, 0.15) is 5.60 Å². The normalized spacial score (nSPS) is 19.7. The highest BCUT2D eigenvalue weighted by atomic mass is 35.5. The summed E-state index contributed by atoms with van der Waals surface area (Å²) in [6.07, 6.45) is 1.39. The first kappa shape index (κ1) is 18.1. The van der Waals surface area contributed by atoms with Crippen LogP contribution in [0.2, 0.25) is 5.02 Å². The minimum atomic E-state index is -0.466. The van der Waals surface area contributed by atoms with E-state index in [1.54, 1.807) is 4.90 Å². The molecule has 2 rings (SSSR count). The zero-order chi connectivity index (χ0) is 17.2. The smallest absolute Gasteiger partial charge is 0.410 e. The molecule has 2 atom stereocenters. The van der Waals surface area contributed by atoms with Gasteiger partial charge in [-0.05, 0) is 63.6 Å². The van der Waals surface area contributed by atoms with Crippen LogP contribution in [0.5, 0.6) is 0 Å². The fourth-order valence-corrected chi connectivity index (χ4v) is 3.18. The van der Waals surface area contributed by atoms with Gasteiger partial charge < -0.3 is 15.4 Å². The maximum Gasteiger partial charge on any atom is 0.410 e. The maximum atomic E-state index is 12.1. The Balaban J connectivity index is 1.92. The minimum absolute atomic E-state index is 0.0114. The van der Waals surface area contributed by atoms with Crippen molar-refractivity contribution in [3.8, 4) is 0 Å². The summed E-state index contributed by atoms with van der Waals surface area (Å²) in [5, 5.41) is 0.766. The van der Waals surface area contributed by atoms with E-state index in [2.05, 4.69) is 6.07 Å². The molecule has 0 radical (unpaired) electrons. The third-order valence-corrected chi connectivity index (χ3v) is 4.50. The number of halogens is 1. The van der Waals surface area contributed by atoms with Crippen LogP contribution in [0.15, 0.2) is 18.2 Å². The molecule has 0 aromatic heterocycles. The topological polar surface area (TPSA) is 55.6 Å². The molecule has 1 aromatic carbocycles. The SMILES string of the molecule is Cc1ccc(CC(N)C2CCN(C(=O)OC(C)(C)C)C2)c(Cl)c1. The minimum Gasteiger partial charge on any atom is -0.444 e. The number of rotatable bonds is 3. The quantitative estimate of drug-likeness (QED) is 0.912. The Morgan fingerprint density at radius 3 is 2.78 bits per heavy atom. The Morgan fingerprint density at radius 1 is 1.48 bits per heavy atom. The number of nitrogens with zero attached hydrogens (tertiary/aromatic N) is 1. The molecule has 2 unspecified atom stereocenters. The van der Waals surface area contributed by atoms with E-state index >= 15 is 0 Å². The molecule has 0 aliphatic carbocycles. The van der Waals surface area contributed by atoms with Crippen molar-refractivity contribution in [3.05, 3.63) is 34.3 Å². The zero-order valence-electron chi connectivity index (χ0n) is 14.4. The van der Waals surface area contributed by atoms with E-state index in [0.29, 0.717) is 13.1 Å². The van der Waals surface area contributed by atoms with Crippen molar-refractivity contribution in [2.75, 3.05) is 13.1 Å². The first-order valence-corrected chi connectivity index (χ1v) is 8.52. The summed E-state index contributed by atoms with van der Waals surface area (Å²) in [6.45, 7) is 9.01. The number of ether oxygens (including phenoxy) is 1. The number of aryl methyl sites for hydroxylation is 1. The first-order valence-electron chi connectivity index (χ1n) is 8.14. The average molecular weight is 339 g/mol. The van der Waals surface area contributed by atoms with E-state index in [0.717, 1.165) is 29.0 Å². The Hall–Kier alpha value is -1.26. The molecule has 23 heavy (non-hydrogen) atoms. The summed E-state index contributed by atoms with van der Waals surface area (Å²) >= 11 is 6.29. The second kappa shape index (κ2) is 7.10. The van der Waals surface area contributed by atoms with Crippen LogP contribution in [0.25, 0.3) is 0 Å². The van der Waals surface area contributed by atoms with Gasteiger partial charge in [0.15, 0.2) is 0 Å². The first-order chi connectivity index (χ1) is 10.7. The lowest BCUT2D eigenvalue weighted by Crippen LogP contribution is -2.38. The molecule has 1 aromatic rings. The predicted molar refractivity (Wildman–Crippen MR) is 93.8 cm³/mol. The van der Waals surface area contributed by atoms with Gasteiger partial charge in [-0.3, -0.25) is 0 Å². The third-order valence-electron chi connectivity index (χ3n) is 4.15. The number of hydrogen-bond donors (Lipinski definition) is 1. The largest absolute Gasteiger partial charge is 0.444 e. The molecule has 1 aliphatic rings. The highest BCUT2D eigenvalue weighted by Gasteiger charge is 2.32. The second-order valence-electron chi connectivity index (χ2n) is 7.44. The van der Waals surface area contributed by atoms with Crippen molar-refractivity contribution in [1.82, 2.24) is 4.90 Å². The molecule has 2 N–H and O–H groups in total. The van der Waals surface area contributed by atoms with Gasteiger partial charge in [-0.1, -0.05) is 23.7 Å². The Labute approximate surface area is 143 Å². The zero-order valence-corrected chi connectivity index (χ0v) is 15.2. The molecular weight excluding hydrogens is 312 g/mol. The van der Waals surface area contributed by atoms with Crippen molar-refractivity contribution in [3.63, 3.8) is 0 Å². The van der Waals surface area contributed by atoms with Crippen molar-refractivity contribution in [2.24, 2.45) is 11.7 Å². The molecule has 1 saturated heterocycles. The van der Waals surface area contributed by atoms with Crippen LogP contribution in [0.3, 0.4) is 0 Å². The van der Waals surface area contributed by atoms with Crippen molar-refractivity contribution in [2.45, 2.75) is 52.2 Å². The molecular formula is C18H27ClN2O2. The highest BCUT2D eigenvalue weighted by molar-refractivity contribution is 6.31. The number of benzene rings is 1. The van der Waals surface area contributed by atoms with E-state index < -0.39 is 5.60 Å². The number of carbonyl (C=O) groups excluding carboxylic acids is 1. The summed E-state index contributed by atoms with van der Waals surface area (Å²) in [4.78, 5) is 13.9. The van der Waals surface area contributed by atoms with Gasteiger partial charge in [-0.15, -0.1) is 0 Å². The standard InChI is InChI=1S/C18H27ClN2O2/c1-12-5-6-13(15(19)9-12)10-16(20)14-7-8-21(11-14)17(22)23-18(2,3)4/h5-6,9,14,16H,7-8,10-11,20H2,1-4H3. The molecule has 4 nitrogen and oxygen atoms in total. The fraction of sp³-hybridized carbons (Fsp3) is 0.611. The lowest BCUT2D eigenvalue weighted by Gasteiger charge is -2.25. The van der Waals surface area contributed by atoms with Gasteiger partial charge in [-0.25, -0.2) is 4.79 Å². The van der Waals surface area contributed by atoms with Crippen LogP contribution in [0.1, 0.15) is 38.3 Å². The van der Waals surface area contributed by atoms with E-state index in [-0.39, 0.29) is 18.1 Å². The average Bonchev–Trinajstić information content (AvgIpc) is 2.90. The van der Waals surface area contributed by atoms with Gasteiger partial charge >= 0.3 is 6.09 Å². The molecule has 5 heteroatoms. The van der Waals surface area contributed by atoms with Crippen LogP contribution < -0.4 is 5.73 Å². The van der Waals surface area contributed by atoms with Gasteiger partial charge in [0.05, 0.1) is 0 Å². The van der Waals surface area contributed by atoms with Crippen molar-refractivity contribution in [1.29, 1.82) is 0 Å². The van der Waals surface area contributed by atoms with Crippen LogP contribution in [-0.4, -0.2) is 35.7 Å². The van der Waals surface area contributed by atoms with Gasteiger partial charge in [0, 0.05) is 24.2 Å².